The number of nitrogens with one attached hydrogen (secondary N) is 1. The van der Waals surface area contributed by atoms with Crippen molar-refractivity contribution in [2.45, 2.75) is 18.9 Å². The van der Waals surface area contributed by atoms with Crippen molar-refractivity contribution in [2.75, 3.05) is 25.0 Å². The molecule has 1 N–H and O–H groups in total. The second-order valence-corrected chi connectivity index (χ2v) is 4.66. The van der Waals surface area contributed by atoms with Gasteiger partial charge < -0.3 is 5.32 Å². The van der Waals surface area contributed by atoms with E-state index >= 15 is 0 Å². The largest absolute Gasteiger partial charge is 0.380 e. The summed E-state index contributed by atoms with van der Waals surface area (Å²) in [5.74, 6) is 2.69. The van der Waals surface area contributed by atoms with E-state index in [1.807, 2.05) is 0 Å². The van der Waals surface area contributed by atoms with Crippen molar-refractivity contribution >= 4 is 17.3 Å². The van der Waals surface area contributed by atoms with Crippen LogP contribution in [-0.4, -0.2) is 35.6 Å². The molecule has 1 aromatic rings. The third-order valence-electron chi connectivity index (χ3n) is 3.03. The fourth-order valence-electron chi connectivity index (χ4n) is 2.07. The zero-order chi connectivity index (χ0) is 12.1. The van der Waals surface area contributed by atoms with Gasteiger partial charge in [0.2, 0.25) is 0 Å². The first-order chi connectivity index (χ1) is 8.29. The molecule has 2 heterocycles. The van der Waals surface area contributed by atoms with Gasteiger partial charge in [0.15, 0.2) is 0 Å². The van der Waals surface area contributed by atoms with Crippen LogP contribution >= 0.6 is 11.6 Å². The highest BCUT2D eigenvalue weighted by atomic mass is 35.5. The molecule has 0 aliphatic carbocycles. The highest BCUT2D eigenvalue weighted by Crippen LogP contribution is 2.22. The molecule has 1 saturated heterocycles. The number of hydrogen-bond donors (Lipinski definition) is 1. The van der Waals surface area contributed by atoms with Crippen LogP contribution in [0.15, 0.2) is 18.5 Å². The Balaban J connectivity index is 1.86. The van der Waals surface area contributed by atoms with E-state index in [1.54, 1.807) is 18.5 Å². The minimum Gasteiger partial charge on any atom is -0.380 e. The number of aromatic nitrogens is 1. The zero-order valence-corrected chi connectivity index (χ0v) is 10.5. The molecule has 90 valence electrons. The minimum absolute atomic E-state index is 0.464. The van der Waals surface area contributed by atoms with Crippen LogP contribution in [0, 0.1) is 12.3 Å². The van der Waals surface area contributed by atoms with E-state index in [4.69, 9.17) is 18.0 Å². The number of hydrogen-bond acceptors (Lipinski definition) is 3. The SMILES string of the molecule is C#CCN1CCC(Nc2cnccc2Cl)CC1. The molecular formula is C13H16ClN3. The molecule has 0 saturated carbocycles. The van der Waals surface area contributed by atoms with E-state index in [0.717, 1.165) is 43.2 Å². The predicted molar refractivity (Wildman–Crippen MR) is 71.2 cm³/mol. The van der Waals surface area contributed by atoms with Gasteiger partial charge in [-0.25, -0.2) is 0 Å². The van der Waals surface area contributed by atoms with Gasteiger partial charge >= 0.3 is 0 Å². The van der Waals surface area contributed by atoms with Crippen LogP contribution in [-0.2, 0) is 0 Å². The van der Waals surface area contributed by atoms with Gasteiger partial charge in [0.25, 0.3) is 0 Å². The van der Waals surface area contributed by atoms with Gasteiger partial charge in [-0.3, -0.25) is 9.88 Å². The van der Waals surface area contributed by atoms with E-state index < -0.39 is 0 Å². The van der Waals surface area contributed by atoms with Crippen LogP contribution in [0.3, 0.4) is 0 Å². The quantitative estimate of drug-likeness (QED) is 0.833. The summed E-state index contributed by atoms with van der Waals surface area (Å²) in [5, 5.41) is 4.17. The maximum absolute atomic E-state index is 6.08. The molecule has 1 aromatic heterocycles. The maximum Gasteiger partial charge on any atom is 0.0718 e. The van der Waals surface area contributed by atoms with Crippen LogP contribution in [0.4, 0.5) is 5.69 Å². The van der Waals surface area contributed by atoms with Crippen LogP contribution in [0.1, 0.15) is 12.8 Å². The van der Waals surface area contributed by atoms with Gasteiger partial charge in [-0.05, 0) is 18.9 Å². The number of piperidine rings is 1. The van der Waals surface area contributed by atoms with Crippen LogP contribution in [0.2, 0.25) is 5.02 Å². The van der Waals surface area contributed by atoms with Crippen LogP contribution in [0.5, 0.6) is 0 Å². The van der Waals surface area contributed by atoms with E-state index in [2.05, 4.69) is 21.1 Å². The lowest BCUT2D eigenvalue weighted by Crippen LogP contribution is -2.39. The molecule has 1 aliphatic heterocycles. The molecule has 0 radical (unpaired) electrons. The van der Waals surface area contributed by atoms with Crippen LogP contribution < -0.4 is 5.32 Å². The summed E-state index contributed by atoms with van der Waals surface area (Å²) in [6.45, 7) is 2.83. The molecule has 0 amide bonds. The number of nitrogens with zero attached hydrogens (tertiary/aromatic N) is 2. The standard InChI is InChI=1S/C13H16ClN3/c1-2-7-17-8-4-11(5-9-17)16-13-10-15-6-3-12(13)14/h1,3,6,10-11,16H,4-5,7-9H2. The normalized spacial score (nSPS) is 17.6. The van der Waals surface area contributed by atoms with Crippen molar-refractivity contribution in [3.8, 4) is 12.3 Å². The monoisotopic (exact) mass is 249 g/mol. The van der Waals surface area contributed by atoms with Crippen molar-refractivity contribution in [3.63, 3.8) is 0 Å². The lowest BCUT2D eigenvalue weighted by molar-refractivity contribution is 0.243. The Morgan fingerprint density at radius 1 is 1.53 bits per heavy atom. The average molecular weight is 250 g/mol. The molecular weight excluding hydrogens is 234 g/mol. The highest BCUT2D eigenvalue weighted by Gasteiger charge is 2.18. The molecule has 4 heteroatoms. The number of rotatable bonds is 3. The van der Waals surface area contributed by atoms with Gasteiger partial charge in [-0.1, -0.05) is 17.5 Å². The molecule has 1 fully saturated rings. The second-order valence-electron chi connectivity index (χ2n) is 4.25. The summed E-state index contributed by atoms with van der Waals surface area (Å²) in [4.78, 5) is 6.37. The van der Waals surface area contributed by atoms with Gasteiger partial charge in [0, 0.05) is 25.3 Å². The second kappa shape index (κ2) is 5.90. The first-order valence-electron chi connectivity index (χ1n) is 5.81. The molecule has 0 atom stereocenters. The molecule has 17 heavy (non-hydrogen) atoms. The zero-order valence-electron chi connectivity index (χ0n) is 9.69. The third-order valence-corrected chi connectivity index (χ3v) is 3.36. The number of pyridine rings is 1. The number of terminal acetylenes is 1. The van der Waals surface area contributed by atoms with Crippen molar-refractivity contribution in [2.24, 2.45) is 0 Å². The number of anilines is 1. The molecule has 0 bridgehead atoms. The predicted octanol–water partition coefficient (Wildman–Crippen LogP) is 2.24. The van der Waals surface area contributed by atoms with E-state index in [0.29, 0.717) is 6.04 Å². The first kappa shape index (κ1) is 12.2. The Kier molecular flexibility index (Phi) is 4.24. The van der Waals surface area contributed by atoms with Crippen molar-refractivity contribution in [1.29, 1.82) is 0 Å². The molecule has 3 nitrogen and oxygen atoms in total. The number of halogens is 1. The summed E-state index contributed by atoms with van der Waals surface area (Å²) in [6.07, 6.45) is 11.0. The third kappa shape index (κ3) is 3.36. The summed E-state index contributed by atoms with van der Waals surface area (Å²) < 4.78 is 0. The van der Waals surface area contributed by atoms with E-state index in [9.17, 15) is 0 Å². The summed E-state index contributed by atoms with van der Waals surface area (Å²) in [5.41, 5.74) is 0.921. The van der Waals surface area contributed by atoms with Gasteiger partial charge in [0.1, 0.15) is 0 Å². The minimum atomic E-state index is 0.464. The van der Waals surface area contributed by atoms with Crippen molar-refractivity contribution < 1.29 is 0 Å². The smallest absolute Gasteiger partial charge is 0.0718 e. The van der Waals surface area contributed by atoms with Crippen LogP contribution in [0.25, 0.3) is 0 Å². The lowest BCUT2D eigenvalue weighted by Gasteiger charge is -2.31. The average Bonchev–Trinajstić information content (AvgIpc) is 2.35. The molecule has 0 unspecified atom stereocenters. The highest BCUT2D eigenvalue weighted by molar-refractivity contribution is 6.33. The van der Waals surface area contributed by atoms with Gasteiger partial charge in [-0.2, -0.15) is 0 Å². The molecule has 0 spiro atoms. The summed E-state index contributed by atoms with van der Waals surface area (Å²) in [7, 11) is 0. The Labute approximate surface area is 107 Å². The van der Waals surface area contributed by atoms with E-state index in [-0.39, 0.29) is 0 Å². The Hall–Kier alpha value is -1.24. The van der Waals surface area contributed by atoms with E-state index in [1.165, 1.54) is 0 Å². The maximum atomic E-state index is 6.08. The van der Waals surface area contributed by atoms with Crippen molar-refractivity contribution in [3.05, 3.63) is 23.5 Å². The fraction of sp³-hybridized carbons (Fsp3) is 0.462. The molecule has 2 rings (SSSR count). The number of likely N-dealkylation sites (tertiary alicyclic amines) is 1. The Bertz CT molecular complexity index is 405. The van der Waals surface area contributed by atoms with Crippen molar-refractivity contribution in [1.82, 2.24) is 9.88 Å². The Morgan fingerprint density at radius 3 is 2.94 bits per heavy atom. The lowest BCUT2D eigenvalue weighted by atomic mass is 10.0. The molecule has 1 aliphatic rings. The summed E-state index contributed by atoms with van der Waals surface area (Å²) >= 11 is 6.08. The first-order valence-corrected chi connectivity index (χ1v) is 6.19. The topological polar surface area (TPSA) is 28.2 Å². The van der Waals surface area contributed by atoms with Gasteiger partial charge in [0.05, 0.1) is 23.5 Å². The van der Waals surface area contributed by atoms with Gasteiger partial charge in [-0.15, -0.1) is 6.42 Å². The fourth-order valence-corrected chi connectivity index (χ4v) is 2.23. The molecule has 0 aromatic carbocycles. The Morgan fingerprint density at radius 2 is 2.29 bits per heavy atom. The summed E-state index contributed by atoms with van der Waals surface area (Å²) in [6, 6.07) is 2.27.